The maximum Gasteiger partial charge on any atom is 0.0441 e. The summed E-state index contributed by atoms with van der Waals surface area (Å²) in [5.41, 5.74) is 1.53. The summed E-state index contributed by atoms with van der Waals surface area (Å²) in [6.45, 7) is 4.54. The Kier molecular flexibility index (Phi) is 8.33. The van der Waals surface area contributed by atoms with Crippen LogP contribution in [-0.2, 0) is 12.8 Å². The predicted octanol–water partition coefficient (Wildman–Crippen LogP) is 5.39. The molecule has 17 heavy (non-hydrogen) atoms. The molecule has 0 amide bonds. The van der Waals surface area contributed by atoms with Crippen LogP contribution in [0.2, 0.25) is 0 Å². The van der Waals surface area contributed by atoms with Gasteiger partial charge in [-0.2, -0.15) is 0 Å². The van der Waals surface area contributed by atoms with Crippen molar-refractivity contribution in [3.8, 4) is 0 Å². The fourth-order valence-electron chi connectivity index (χ4n) is 2.15. The van der Waals surface area contributed by atoms with Gasteiger partial charge in [0, 0.05) is 11.1 Å². The Bertz CT molecular complexity index is 254. The summed E-state index contributed by atoms with van der Waals surface area (Å²) < 4.78 is 4.36. The third-order valence-electron chi connectivity index (χ3n) is 3.29. The summed E-state index contributed by atoms with van der Waals surface area (Å²) in [5.74, 6) is 0. The Morgan fingerprint density at radius 1 is 0.882 bits per heavy atom. The second-order valence-corrected chi connectivity index (χ2v) is 5.78. The third kappa shape index (κ3) is 6.21. The van der Waals surface area contributed by atoms with Crippen molar-refractivity contribution in [1.29, 1.82) is 0 Å². The molecule has 0 aromatic carbocycles. The highest BCUT2D eigenvalue weighted by atomic mass is 32.1. The molecule has 0 aliphatic carbocycles. The van der Waals surface area contributed by atoms with Gasteiger partial charge in [0.05, 0.1) is 0 Å². The van der Waals surface area contributed by atoms with Crippen molar-refractivity contribution < 1.29 is 0 Å². The minimum atomic E-state index is 1.25. The average molecular weight is 253 g/mol. The molecule has 1 aromatic rings. The maximum absolute atomic E-state index is 4.36. The number of hydrogen-bond donors (Lipinski definition) is 0. The van der Waals surface area contributed by atoms with Crippen molar-refractivity contribution in [3.05, 3.63) is 16.6 Å². The van der Waals surface area contributed by atoms with Gasteiger partial charge in [-0.05, 0) is 42.8 Å². The van der Waals surface area contributed by atoms with E-state index in [4.69, 9.17) is 0 Å². The highest BCUT2D eigenvalue weighted by Gasteiger charge is 2.05. The summed E-state index contributed by atoms with van der Waals surface area (Å²) in [7, 11) is 0. The molecule has 0 aliphatic rings. The lowest BCUT2D eigenvalue weighted by molar-refractivity contribution is 0.654. The van der Waals surface area contributed by atoms with E-state index in [0.717, 1.165) is 0 Å². The van der Waals surface area contributed by atoms with E-state index in [1.165, 1.54) is 69.8 Å². The highest BCUT2D eigenvalue weighted by molar-refractivity contribution is 7.05. The topological polar surface area (TPSA) is 12.9 Å². The summed E-state index contributed by atoms with van der Waals surface area (Å²) in [5, 5.41) is 0. The second kappa shape index (κ2) is 9.64. The predicted molar refractivity (Wildman–Crippen MR) is 77.8 cm³/mol. The van der Waals surface area contributed by atoms with Crippen LogP contribution in [0.3, 0.4) is 0 Å². The Morgan fingerprint density at radius 2 is 1.53 bits per heavy atom. The van der Waals surface area contributed by atoms with Gasteiger partial charge < -0.3 is 0 Å². The van der Waals surface area contributed by atoms with E-state index in [1.807, 2.05) is 0 Å². The molecule has 1 aromatic heterocycles. The normalized spacial score (nSPS) is 10.9. The number of unbranched alkanes of at least 4 members (excludes halogenated alkanes) is 6. The van der Waals surface area contributed by atoms with Gasteiger partial charge in [-0.3, -0.25) is 0 Å². The van der Waals surface area contributed by atoms with Crippen LogP contribution in [0.5, 0.6) is 0 Å². The molecular weight excluding hydrogens is 226 g/mol. The second-order valence-electron chi connectivity index (χ2n) is 4.90. The number of aryl methyl sites for hydroxylation is 2. The van der Waals surface area contributed by atoms with E-state index >= 15 is 0 Å². The van der Waals surface area contributed by atoms with Crippen LogP contribution in [0.4, 0.5) is 0 Å². The molecule has 0 radical (unpaired) electrons. The van der Waals surface area contributed by atoms with Gasteiger partial charge in [-0.15, -0.1) is 0 Å². The lowest BCUT2D eigenvalue weighted by Crippen LogP contribution is -1.90. The standard InChI is InChI=1S/C15H27NS/c1-3-5-7-9-11-14-13-16-17-15(14)12-10-8-6-4-2/h13H,3-12H2,1-2H3. The monoisotopic (exact) mass is 253 g/mol. The van der Waals surface area contributed by atoms with Crippen LogP contribution in [0.1, 0.15) is 75.7 Å². The summed E-state index contributed by atoms with van der Waals surface area (Å²) in [6.07, 6.45) is 15.5. The molecule has 0 unspecified atom stereocenters. The van der Waals surface area contributed by atoms with E-state index < -0.39 is 0 Å². The maximum atomic E-state index is 4.36. The van der Waals surface area contributed by atoms with Gasteiger partial charge >= 0.3 is 0 Å². The van der Waals surface area contributed by atoms with E-state index in [2.05, 4.69) is 24.4 Å². The summed E-state index contributed by atoms with van der Waals surface area (Å²) in [4.78, 5) is 1.55. The van der Waals surface area contributed by atoms with Crippen LogP contribution in [-0.4, -0.2) is 4.37 Å². The summed E-state index contributed by atoms with van der Waals surface area (Å²) in [6, 6.07) is 0. The Labute approximate surface area is 111 Å². The number of rotatable bonds is 10. The smallest absolute Gasteiger partial charge is 0.0441 e. The molecule has 1 nitrogen and oxygen atoms in total. The molecule has 0 saturated heterocycles. The third-order valence-corrected chi connectivity index (χ3v) is 4.18. The fourth-order valence-corrected chi connectivity index (χ4v) is 2.96. The Hall–Kier alpha value is -0.370. The first kappa shape index (κ1) is 14.7. The average Bonchev–Trinajstić information content (AvgIpc) is 2.78. The molecule has 0 bridgehead atoms. The first-order valence-electron chi connectivity index (χ1n) is 7.30. The van der Waals surface area contributed by atoms with E-state index in [1.54, 1.807) is 16.4 Å². The van der Waals surface area contributed by atoms with Gasteiger partial charge in [0.1, 0.15) is 0 Å². The fraction of sp³-hybridized carbons (Fsp3) is 0.800. The molecular formula is C15H27NS. The van der Waals surface area contributed by atoms with Crippen molar-refractivity contribution in [1.82, 2.24) is 4.37 Å². The molecule has 0 saturated carbocycles. The van der Waals surface area contributed by atoms with Crippen LogP contribution in [0.25, 0.3) is 0 Å². The molecule has 1 rings (SSSR count). The molecule has 2 heteroatoms. The lowest BCUT2D eigenvalue weighted by Gasteiger charge is -2.02. The number of aromatic nitrogens is 1. The number of nitrogens with zero attached hydrogens (tertiary/aromatic N) is 1. The van der Waals surface area contributed by atoms with Crippen LogP contribution in [0, 0.1) is 0 Å². The Balaban J connectivity index is 2.22. The quantitative estimate of drug-likeness (QED) is 0.509. The van der Waals surface area contributed by atoms with Crippen LogP contribution >= 0.6 is 11.5 Å². The molecule has 0 aliphatic heterocycles. The summed E-state index contributed by atoms with van der Waals surface area (Å²) >= 11 is 1.72. The SMILES string of the molecule is CCCCCCc1cnsc1CCCCCC. The van der Waals surface area contributed by atoms with E-state index in [9.17, 15) is 0 Å². The van der Waals surface area contributed by atoms with E-state index in [0.29, 0.717) is 0 Å². The van der Waals surface area contributed by atoms with E-state index in [-0.39, 0.29) is 0 Å². The van der Waals surface area contributed by atoms with Crippen molar-refractivity contribution >= 4 is 11.5 Å². The first-order valence-corrected chi connectivity index (χ1v) is 8.08. The zero-order valence-corrected chi connectivity index (χ0v) is 12.3. The largest absolute Gasteiger partial charge is 0.201 e. The molecule has 0 N–H and O–H groups in total. The highest BCUT2D eigenvalue weighted by Crippen LogP contribution is 2.19. The van der Waals surface area contributed by atoms with Crippen molar-refractivity contribution in [3.63, 3.8) is 0 Å². The van der Waals surface area contributed by atoms with Crippen LogP contribution < -0.4 is 0 Å². The molecule has 98 valence electrons. The van der Waals surface area contributed by atoms with Gasteiger partial charge in [0.2, 0.25) is 0 Å². The zero-order valence-electron chi connectivity index (χ0n) is 11.5. The zero-order chi connectivity index (χ0) is 12.3. The Morgan fingerprint density at radius 3 is 2.18 bits per heavy atom. The molecule has 1 heterocycles. The minimum absolute atomic E-state index is 1.25. The first-order chi connectivity index (χ1) is 8.38. The van der Waals surface area contributed by atoms with Crippen molar-refractivity contribution in [2.24, 2.45) is 0 Å². The number of hydrogen-bond acceptors (Lipinski definition) is 2. The van der Waals surface area contributed by atoms with Gasteiger partial charge in [0.15, 0.2) is 0 Å². The van der Waals surface area contributed by atoms with Gasteiger partial charge in [0.25, 0.3) is 0 Å². The molecule has 0 fully saturated rings. The minimum Gasteiger partial charge on any atom is -0.201 e. The lowest BCUT2D eigenvalue weighted by atomic mass is 10.0. The van der Waals surface area contributed by atoms with Crippen molar-refractivity contribution in [2.75, 3.05) is 0 Å². The van der Waals surface area contributed by atoms with Gasteiger partial charge in [-0.25, -0.2) is 4.37 Å². The van der Waals surface area contributed by atoms with Crippen LogP contribution in [0.15, 0.2) is 6.20 Å². The van der Waals surface area contributed by atoms with Gasteiger partial charge in [-0.1, -0.05) is 52.4 Å². The molecule has 0 atom stereocenters. The van der Waals surface area contributed by atoms with Crippen molar-refractivity contribution in [2.45, 2.75) is 78.1 Å². The molecule has 0 spiro atoms.